The van der Waals surface area contributed by atoms with Gasteiger partial charge in [0.15, 0.2) is 5.78 Å². The van der Waals surface area contributed by atoms with Crippen LogP contribution in [0, 0.1) is 10.1 Å². The molecule has 1 aromatic carbocycles. The van der Waals surface area contributed by atoms with Gasteiger partial charge in [-0.05, 0) is 13.1 Å². The zero-order valence-electron chi connectivity index (χ0n) is 11.9. The SMILES string of the molecule is CCN(CC)CCSCC(=O)c1cccc([N+](=O)[O-])c1. The van der Waals surface area contributed by atoms with Crippen LogP contribution in [0.25, 0.3) is 0 Å². The molecular weight excluding hydrogens is 276 g/mol. The van der Waals surface area contributed by atoms with Crippen molar-refractivity contribution in [2.75, 3.05) is 31.1 Å². The van der Waals surface area contributed by atoms with Gasteiger partial charge in [-0.1, -0.05) is 26.0 Å². The van der Waals surface area contributed by atoms with Crippen LogP contribution in [-0.2, 0) is 0 Å². The van der Waals surface area contributed by atoms with Gasteiger partial charge < -0.3 is 4.90 Å². The van der Waals surface area contributed by atoms with Crippen LogP contribution < -0.4 is 0 Å². The van der Waals surface area contributed by atoms with Gasteiger partial charge in [0.05, 0.1) is 10.7 Å². The summed E-state index contributed by atoms with van der Waals surface area (Å²) < 4.78 is 0. The average molecular weight is 296 g/mol. The highest BCUT2D eigenvalue weighted by molar-refractivity contribution is 8.00. The van der Waals surface area contributed by atoms with Crippen LogP contribution in [0.15, 0.2) is 24.3 Å². The van der Waals surface area contributed by atoms with Gasteiger partial charge in [-0.25, -0.2) is 0 Å². The lowest BCUT2D eigenvalue weighted by Gasteiger charge is -2.17. The molecule has 0 bridgehead atoms. The summed E-state index contributed by atoms with van der Waals surface area (Å²) in [4.78, 5) is 24.4. The molecule has 0 unspecified atom stereocenters. The Bertz CT molecular complexity index is 461. The lowest BCUT2D eigenvalue weighted by atomic mass is 10.1. The molecule has 0 fully saturated rings. The number of hydrogen-bond donors (Lipinski definition) is 0. The fraction of sp³-hybridized carbons (Fsp3) is 0.500. The third-order valence-corrected chi connectivity index (χ3v) is 4.00. The molecule has 110 valence electrons. The lowest BCUT2D eigenvalue weighted by molar-refractivity contribution is -0.384. The lowest BCUT2D eigenvalue weighted by Crippen LogP contribution is -2.25. The average Bonchev–Trinajstić information content (AvgIpc) is 2.47. The molecule has 0 spiro atoms. The van der Waals surface area contributed by atoms with Crippen molar-refractivity contribution in [2.45, 2.75) is 13.8 Å². The predicted molar refractivity (Wildman–Crippen MR) is 82.5 cm³/mol. The smallest absolute Gasteiger partial charge is 0.270 e. The first kappa shape index (κ1) is 16.7. The van der Waals surface area contributed by atoms with Gasteiger partial charge in [0, 0.05) is 30.0 Å². The van der Waals surface area contributed by atoms with E-state index in [-0.39, 0.29) is 11.5 Å². The minimum Gasteiger partial charge on any atom is -0.303 e. The summed E-state index contributed by atoms with van der Waals surface area (Å²) in [5, 5.41) is 10.7. The Morgan fingerprint density at radius 1 is 1.35 bits per heavy atom. The van der Waals surface area contributed by atoms with Crippen molar-refractivity contribution in [3.05, 3.63) is 39.9 Å². The van der Waals surface area contributed by atoms with E-state index in [0.717, 1.165) is 25.4 Å². The Morgan fingerprint density at radius 3 is 2.65 bits per heavy atom. The summed E-state index contributed by atoms with van der Waals surface area (Å²) in [5.41, 5.74) is 0.374. The monoisotopic (exact) mass is 296 g/mol. The number of benzene rings is 1. The molecule has 0 aliphatic heterocycles. The summed E-state index contributed by atoms with van der Waals surface area (Å²) in [6.45, 7) is 7.20. The number of carbonyl (C=O) groups is 1. The molecule has 20 heavy (non-hydrogen) atoms. The number of rotatable bonds is 9. The van der Waals surface area contributed by atoms with Crippen molar-refractivity contribution in [1.82, 2.24) is 4.90 Å². The first-order chi connectivity index (χ1) is 9.58. The maximum Gasteiger partial charge on any atom is 0.270 e. The van der Waals surface area contributed by atoms with Crippen molar-refractivity contribution in [3.8, 4) is 0 Å². The van der Waals surface area contributed by atoms with E-state index in [1.807, 2.05) is 0 Å². The number of Topliss-reactive ketones (excluding diaryl/α,β-unsaturated/α-hetero) is 1. The highest BCUT2D eigenvalue weighted by Crippen LogP contribution is 2.15. The van der Waals surface area contributed by atoms with Crippen molar-refractivity contribution < 1.29 is 9.72 Å². The van der Waals surface area contributed by atoms with Crippen molar-refractivity contribution in [1.29, 1.82) is 0 Å². The maximum atomic E-state index is 11.9. The molecule has 0 radical (unpaired) electrons. The Morgan fingerprint density at radius 2 is 2.05 bits per heavy atom. The van der Waals surface area contributed by atoms with Crippen molar-refractivity contribution in [3.63, 3.8) is 0 Å². The van der Waals surface area contributed by atoms with Gasteiger partial charge >= 0.3 is 0 Å². The second-order valence-electron chi connectivity index (χ2n) is 4.31. The molecule has 0 heterocycles. The second kappa shape index (κ2) is 8.71. The fourth-order valence-electron chi connectivity index (χ4n) is 1.77. The summed E-state index contributed by atoms with van der Waals surface area (Å²) >= 11 is 1.57. The number of ketones is 1. The maximum absolute atomic E-state index is 11.9. The normalized spacial score (nSPS) is 10.8. The molecule has 5 nitrogen and oxygen atoms in total. The van der Waals surface area contributed by atoms with E-state index in [4.69, 9.17) is 0 Å². The summed E-state index contributed by atoms with van der Waals surface area (Å²) in [7, 11) is 0. The summed E-state index contributed by atoms with van der Waals surface area (Å²) in [5.74, 6) is 1.20. The first-order valence-corrected chi connectivity index (χ1v) is 7.81. The van der Waals surface area contributed by atoms with Gasteiger partial charge in [-0.15, -0.1) is 0 Å². The molecule has 1 aromatic rings. The number of nitro groups is 1. The number of nitrogens with zero attached hydrogens (tertiary/aromatic N) is 2. The van der Waals surface area contributed by atoms with Crippen LogP contribution in [0.5, 0.6) is 0 Å². The molecule has 0 saturated carbocycles. The zero-order valence-corrected chi connectivity index (χ0v) is 12.7. The molecule has 0 saturated heterocycles. The molecule has 0 amide bonds. The van der Waals surface area contributed by atoms with Crippen molar-refractivity contribution >= 4 is 23.2 Å². The van der Waals surface area contributed by atoms with E-state index in [0.29, 0.717) is 11.3 Å². The molecule has 0 aliphatic carbocycles. The van der Waals surface area contributed by atoms with Gasteiger partial charge in [0.1, 0.15) is 0 Å². The largest absolute Gasteiger partial charge is 0.303 e. The third kappa shape index (κ3) is 5.30. The molecule has 6 heteroatoms. The quantitative estimate of drug-likeness (QED) is 0.303. The van der Waals surface area contributed by atoms with Gasteiger partial charge in [-0.3, -0.25) is 14.9 Å². The van der Waals surface area contributed by atoms with Crippen LogP contribution >= 0.6 is 11.8 Å². The number of nitro benzene ring substituents is 1. The second-order valence-corrected chi connectivity index (χ2v) is 5.42. The molecular formula is C14H20N2O3S. The van der Waals surface area contributed by atoms with Gasteiger partial charge in [0.2, 0.25) is 0 Å². The third-order valence-electron chi connectivity index (χ3n) is 3.06. The Kier molecular flexibility index (Phi) is 7.25. The Balaban J connectivity index is 2.43. The van der Waals surface area contributed by atoms with Crippen LogP contribution in [0.2, 0.25) is 0 Å². The van der Waals surface area contributed by atoms with E-state index in [2.05, 4.69) is 18.7 Å². The number of non-ortho nitro benzene ring substituents is 1. The fourth-order valence-corrected chi connectivity index (χ4v) is 2.66. The van der Waals surface area contributed by atoms with E-state index in [1.165, 1.54) is 12.1 Å². The van der Waals surface area contributed by atoms with Gasteiger partial charge in [-0.2, -0.15) is 11.8 Å². The standard InChI is InChI=1S/C14H20N2O3S/c1-3-15(4-2)8-9-20-11-14(17)12-6-5-7-13(10-12)16(18)19/h5-7,10H,3-4,8-9,11H2,1-2H3. The molecule has 0 aliphatic rings. The van der Waals surface area contributed by atoms with Gasteiger partial charge in [0.25, 0.3) is 5.69 Å². The first-order valence-electron chi connectivity index (χ1n) is 6.66. The van der Waals surface area contributed by atoms with Crippen LogP contribution in [0.3, 0.4) is 0 Å². The topological polar surface area (TPSA) is 63.5 Å². The number of carbonyl (C=O) groups excluding carboxylic acids is 1. The van der Waals surface area contributed by atoms with Crippen LogP contribution in [0.4, 0.5) is 5.69 Å². The van der Waals surface area contributed by atoms with E-state index < -0.39 is 4.92 Å². The summed E-state index contributed by atoms with van der Waals surface area (Å²) in [6, 6.07) is 5.91. The molecule has 0 atom stereocenters. The van der Waals surface area contributed by atoms with Crippen LogP contribution in [-0.4, -0.2) is 46.7 Å². The highest BCUT2D eigenvalue weighted by atomic mass is 32.2. The Labute approximate surface area is 123 Å². The predicted octanol–water partition coefficient (Wildman–Crippen LogP) is 2.85. The van der Waals surface area contributed by atoms with Crippen LogP contribution in [0.1, 0.15) is 24.2 Å². The summed E-state index contributed by atoms with van der Waals surface area (Å²) in [6.07, 6.45) is 0. The van der Waals surface area contributed by atoms with Crippen molar-refractivity contribution in [2.24, 2.45) is 0 Å². The molecule has 1 rings (SSSR count). The van der Waals surface area contributed by atoms with E-state index in [9.17, 15) is 14.9 Å². The van der Waals surface area contributed by atoms with E-state index in [1.54, 1.807) is 23.9 Å². The minimum absolute atomic E-state index is 0.0380. The zero-order chi connectivity index (χ0) is 15.0. The highest BCUT2D eigenvalue weighted by Gasteiger charge is 2.11. The Hall–Kier alpha value is -1.40. The minimum atomic E-state index is -0.482. The number of thioether (sulfide) groups is 1. The number of hydrogen-bond acceptors (Lipinski definition) is 5. The molecule has 0 aromatic heterocycles. The molecule has 0 N–H and O–H groups in total. The van der Waals surface area contributed by atoms with E-state index >= 15 is 0 Å².